The summed E-state index contributed by atoms with van der Waals surface area (Å²) < 4.78 is 12.2. The van der Waals surface area contributed by atoms with E-state index in [0.29, 0.717) is 0 Å². The molecule has 0 saturated carbocycles. The van der Waals surface area contributed by atoms with E-state index in [4.69, 9.17) is 2.78 Å². The second-order valence-corrected chi connectivity index (χ2v) is 0.649. The first-order valence-corrected chi connectivity index (χ1v) is 1.38. The third-order valence-corrected chi connectivity index (χ3v) is 0. The Balaban J connectivity index is 0. The van der Waals surface area contributed by atoms with Gasteiger partial charge in [0.05, 0.1) is 1.41 Å². The first-order valence-electron chi connectivity index (χ1n) is 2.33. The Kier molecular flexibility index (Phi) is 7.41. The fourth-order valence-electron chi connectivity index (χ4n) is 0. The Morgan fingerprint density at radius 1 is 1.43 bits per heavy atom. The summed E-state index contributed by atoms with van der Waals surface area (Å²) in [6.45, 7) is 0. The summed E-state index contributed by atoms with van der Waals surface area (Å²) in [4.78, 5) is 0. The van der Waals surface area contributed by atoms with E-state index in [2.05, 4.69) is 39.5 Å². The van der Waals surface area contributed by atoms with Crippen LogP contribution in [-0.2, 0) is 0 Å². The van der Waals surface area contributed by atoms with E-state index < -0.39 is 5.59 Å². The van der Waals surface area contributed by atoms with Crippen molar-refractivity contribution in [2.24, 2.45) is 0 Å². The van der Waals surface area contributed by atoms with Crippen molar-refractivity contribution >= 4 is 39.5 Å². The van der Waals surface area contributed by atoms with E-state index in [1.54, 1.807) is 0 Å². The van der Waals surface area contributed by atoms with Crippen molar-refractivity contribution in [2.45, 2.75) is 5.59 Å². The van der Waals surface area contributed by atoms with Crippen LogP contribution < -0.4 is 5.13 Å². The Morgan fingerprint density at radius 3 is 1.43 bits per heavy atom. The second-order valence-electron chi connectivity index (χ2n) is 0.649. The van der Waals surface area contributed by atoms with E-state index in [-0.39, 0.29) is 5.13 Å². The molecule has 0 aliphatic carbocycles. The molecule has 0 atom stereocenters. The van der Waals surface area contributed by atoms with Crippen molar-refractivity contribution in [3.63, 3.8) is 0 Å². The molecule has 0 aliphatic heterocycles. The zero-order valence-electron chi connectivity index (χ0n) is 5.83. The normalized spacial score (nSPS) is 13.3. The van der Waals surface area contributed by atoms with Gasteiger partial charge >= 0.3 is 0 Å². The van der Waals surface area contributed by atoms with Crippen LogP contribution in [0.4, 0.5) is 0 Å². The van der Waals surface area contributed by atoms with E-state index >= 15 is 0 Å². The van der Waals surface area contributed by atoms with Gasteiger partial charge in [-0.15, -0.1) is 5.59 Å². The summed E-state index contributed by atoms with van der Waals surface area (Å²) in [6.07, 6.45) is 0. The molecular weight excluding hydrogens is 80.1 g/mol. The molecule has 0 aliphatic rings. The molecule has 1 nitrogen and oxygen atoms in total. The average Bonchev–Trinajstić information content (AvgIpc) is 1.19. The first-order chi connectivity index (χ1) is 3.73. The minimum atomic E-state index is -1.75. The molecule has 6 heteroatoms. The van der Waals surface area contributed by atoms with Crippen LogP contribution in [0.1, 0.15) is 1.37 Å². The van der Waals surface area contributed by atoms with Gasteiger partial charge in [0.2, 0.25) is 0 Å². The van der Waals surface area contributed by atoms with E-state index in [1.165, 1.54) is 0 Å². The standard InChI is InChI=1S/CHB3.B2HN/c2-1(3)4;1-3-2/h1H;3H/i1D;3D. The van der Waals surface area contributed by atoms with Crippen LogP contribution in [0.5, 0.6) is 0 Å². The maximum Gasteiger partial charge on any atom is 0.163 e. The minimum absolute atomic E-state index is 0.250. The maximum atomic E-state index is 6.27. The molecule has 0 aromatic carbocycles. The molecule has 0 saturated heterocycles. The Bertz CT molecular complexity index is 51.7. The van der Waals surface area contributed by atoms with E-state index in [0.717, 1.165) is 0 Å². The molecule has 0 unspecified atom stereocenters. The number of rotatable bonds is 0. The lowest BCUT2D eigenvalue weighted by atomic mass is 9.58. The third-order valence-electron chi connectivity index (χ3n) is 0. The van der Waals surface area contributed by atoms with Gasteiger partial charge in [-0.3, -0.25) is 0 Å². The van der Waals surface area contributed by atoms with Crippen molar-refractivity contribution in [1.29, 1.82) is 0 Å². The smallest absolute Gasteiger partial charge is 0.163 e. The highest BCUT2D eigenvalue weighted by atomic mass is 14.5. The highest BCUT2D eigenvalue weighted by molar-refractivity contribution is 6.54. The SMILES string of the molecule is [2H]C([B])([B])[B].[2H]N([B])[B]. The van der Waals surface area contributed by atoms with Gasteiger partial charge in [0, 0.05) is 24.9 Å². The molecule has 0 aromatic rings. The quantitative estimate of drug-likeness (QED) is 0.333. The molecular formula is CH2B5N. The van der Waals surface area contributed by atoms with Crippen LogP contribution in [0.2, 0.25) is 7.00 Å². The predicted molar refractivity (Wildman–Crippen MR) is 35.7 cm³/mol. The fraction of sp³-hybridized carbons (Fsp3) is 1.00. The highest BCUT2D eigenvalue weighted by Gasteiger charge is 1.69. The zero-order valence-corrected chi connectivity index (χ0v) is 3.83. The first kappa shape index (κ1) is 5.42. The van der Waals surface area contributed by atoms with Crippen LogP contribution in [0, 0.1) is 0 Å². The van der Waals surface area contributed by atoms with Crippen molar-refractivity contribution in [3.8, 4) is 0 Å². The van der Waals surface area contributed by atoms with Gasteiger partial charge in [0.25, 0.3) is 0 Å². The maximum absolute atomic E-state index is 6.27. The van der Waals surface area contributed by atoms with Crippen LogP contribution in [0.3, 0.4) is 0 Å². The summed E-state index contributed by atoms with van der Waals surface area (Å²) in [5.41, 5.74) is -1.75. The van der Waals surface area contributed by atoms with Gasteiger partial charge in [-0.2, -0.15) is 0 Å². The lowest BCUT2D eigenvalue weighted by molar-refractivity contribution is 1.68. The van der Waals surface area contributed by atoms with Crippen LogP contribution in [0.15, 0.2) is 0 Å². The second kappa shape index (κ2) is 9.56. The number of hydrogen-bond acceptors (Lipinski definition) is 1. The summed E-state index contributed by atoms with van der Waals surface area (Å²) in [5.74, 6) is 0. The zero-order chi connectivity index (χ0) is 8.08. The largest absolute Gasteiger partial charge is 0.418 e. The molecule has 0 spiro atoms. The molecule has 26 valence electrons. The highest BCUT2D eigenvalue weighted by Crippen LogP contribution is 1.68. The summed E-state index contributed by atoms with van der Waals surface area (Å²) in [7, 11) is 22.5. The van der Waals surface area contributed by atoms with E-state index in [1.807, 2.05) is 0 Å². The van der Waals surface area contributed by atoms with Crippen molar-refractivity contribution in [3.05, 3.63) is 0 Å². The lowest BCUT2D eigenvalue weighted by Gasteiger charge is -1.78. The molecule has 1 N–H and O–H groups in total. The van der Waals surface area contributed by atoms with Crippen LogP contribution >= 0.6 is 0 Å². The van der Waals surface area contributed by atoms with E-state index in [9.17, 15) is 0 Å². The molecule has 0 amide bonds. The summed E-state index contributed by atoms with van der Waals surface area (Å²) in [5, 5.41) is 0.250. The number of hydrogen-bond donors (Lipinski definition) is 1. The average molecular weight is 84.1 g/mol. The van der Waals surface area contributed by atoms with Crippen LogP contribution in [-0.4, -0.2) is 39.5 Å². The van der Waals surface area contributed by atoms with Gasteiger partial charge in [-0.25, -0.2) is 0 Å². The molecule has 0 rings (SSSR count). The van der Waals surface area contributed by atoms with Gasteiger partial charge in [0.1, 0.15) is 0 Å². The van der Waals surface area contributed by atoms with Crippen molar-refractivity contribution in [2.75, 3.05) is 0 Å². The van der Waals surface area contributed by atoms with Crippen LogP contribution in [0.25, 0.3) is 0 Å². The molecule has 0 fully saturated rings. The molecule has 7 heavy (non-hydrogen) atoms. The summed E-state index contributed by atoms with van der Waals surface area (Å²) in [6, 6.07) is 0. The van der Waals surface area contributed by atoms with Gasteiger partial charge in [0.15, 0.2) is 16.0 Å². The van der Waals surface area contributed by atoms with Gasteiger partial charge in [-0.1, -0.05) is 0 Å². The van der Waals surface area contributed by atoms with Gasteiger partial charge < -0.3 is 5.13 Å². The van der Waals surface area contributed by atoms with Crippen molar-refractivity contribution in [1.82, 2.24) is 5.13 Å². The van der Waals surface area contributed by atoms with Gasteiger partial charge in [-0.05, 0) is 0 Å². The monoisotopic (exact) mass is 85.1 g/mol. The molecule has 0 heterocycles. The third kappa shape index (κ3) is 1420. The molecule has 0 aromatic heterocycles. The Labute approximate surface area is 54.0 Å². The predicted octanol–water partition coefficient (Wildman–Crippen LogP) is -2.06. The minimum Gasteiger partial charge on any atom is -0.418 e. The summed E-state index contributed by atoms with van der Waals surface area (Å²) >= 11 is 0. The van der Waals surface area contributed by atoms with Crippen molar-refractivity contribution < 1.29 is 2.78 Å². The number of nitrogens with one attached hydrogen (secondary N) is 1. The Morgan fingerprint density at radius 2 is 1.43 bits per heavy atom. The Hall–Kier alpha value is 0.285. The topological polar surface area (TPSA) is 12.0 Å². The molecule has 10 radical (unpaired) electrons. The molecule has 0 bridgehead atoms. The fourth-order valence-corrected chi connectivity index (χ4v) is 0. The lowest BCUT2D eigenvalue weighted by Crippen LogP contribution is -1.97.